The molecule has 1 N–H and O–H groups in total. The van der Waals surface area contributed by atoms with Crippen molar-refractivity contribution in [2.75, 3.05) is 20.8 Å². The van der Waals surface area contributed by atoms with Crippen LogP contribution >= 0.6 is 0 Å². The Balaban J connectivity index is 3.73. The van der Waals surface area contributed by atoms with Crippen molar-refractivity contribution in [2.45, 2.75) is 39.5 Å². The van der Waals surface area contributed by atoms with Gasteiger partial charge in [-0.3, -0.25) is 0 Å². The number of allylic oxidation sites excluding steroid dienone is 3. The molecule has 0 unspecified atom stereocenters. The van der Waals surface area contributed by atoms with Gasteiger partial charge in [0.15, 0.2) is 11.5 Å². The Morgan fingerprint density at radius 3 is 2.26 bits per heavy atom. The summed E-state index contributed by atoms with van der Waals surface area (Å²) >= 11 is 0. The molecule has 3 heteroatoms. The number of aliphatic hydroxyl groups excluding tert-OH is 1. The molecule has 3 nitrogen and oxygen atoms in total. The number of methoxy groups -OCH3 is 2. The molecule has 0 fully saturated rings. The monoisotopic (exact) mass is 318 g/mol. The topological polar surface area (TPSA) is 38.7 Å². The molecular formula is C20H30O3. The van der Waals surface area contributed by atoms with Crippen LogP contribution in [0.15, 0.2) is 30.9 Å². The van der Waals surface area contributed by atoms with E-state index in [1.165, 1.54) is 0 Å². The van der Waals surface area contributed by atoms with E-state index in [0.29, 0.717) is 0 Å². The minimum Gasteiger partial charge on any atom is -0.493 e. The molecule has 23 heavy (non-hydrogen) atoms. The Morgan fingerprint density at radius 1 is 1.22 bits per heavy atom. The molecule has 0 heterocycles. The van der Waals surface area contributed by atoms with Gasteiger partial charge in [-0.05, 0) is 30.9 Å². The lowest BCUT2D eigenvalue weighted by Crippen LogP contribution is -2.15. The van der Waals surface area contributed by atoms with Crippen LogP contribution in [-0.4, -0.2) is 25.9 Å². The lowest BCUT2D eigenvalue weighted by atomic mass is 9.80. The van der Waals surface area contributed by atoms with Crippen LogP contribution in [0.25, 0.3) is 0 Å². The number of hydrogen-bond acceptors (Lipinski definition) is 3. The van der Waals surface area contributed by atoms with E-state index in [1.807, 2.05) is 32.9 Å². The quantitative estimate of drug-likeness (QED) is 0.713. The van der Waals surface area contributed by atoms with Gasteiger partial charge in [0.2, 0.25) is 0 Å². The highest BCUT2D eigenvalue weighted by Gasteiger charge is 2.26. The predicted molar refractivity (Wildman–Crippen MR) is 96.7 cm³/mol. The summed E-state index contributed by atoms with van der Waals surface area (Å²) in [6.07, 6.45) is 6.09. The second kappa shape index (κ2) is 8.78. The smallest absolute Gasteiger partial charge is 0.165 e. The van der Waals surface area contributed by atoms with Crippen LogP contribution in [0.1, 0.15) is 49.3 Å². The van der Waals surface area contributed by atoms with E-state index in [-0.39, 0.29) is 24.4 Å². The van der Waals surface area contributed by atoms with Crippen molar-refractivity contribution in [1.29, 1.82) is 0 Å². The summed E-state index contributed by atoms with van der Waals surface area (Å²) in [6, 6.07) is 2.13. The Labute approximate surface area is 140 Å². The first-order valence-electron chi connectivity index (χ1n) is 8.08. The van der Waals surface area contributed by atoms with E-state index in [2.05, 4.69) is 25.6 Å². The maximum absolute atomic E-state index is 9.61. The predicted octanol–water partition coefficient (Wildman–Crippen LogP) is 4.59. The second-order valence-corrected chi connectivity index (χ2v) is 6.00. The molecule has 1 rings (SSSR count). The Kier molecular flexibility index (Phi) is 7.37. The highest BCUT2D eigenvalue weighted by molar-refractivity contribution is 5.59. The Morgan fingerprint density at radius 2 is 1.83 bits per heavy atom. The van der Waals surface area contributed by atoms with Crippen molar-refractivity contribution >= 4 is 0 Å². The summed E-state index contributed by atoms with van der Waals surface area (Å²) in [6.45, 7) is 12.3. The summed E-state index contributed by atoms with van der Waals surface area (Å²) < 4.78 is 11.3. The molecule has 128 valence electrons. The van der Waals surface area contributed by atoms with Crippen molar-refractivity contribution in [3.63, 3.8) is 0 Å². The molecule has 1 aromatic rings. The fourth-order valence-corrected chi connectivity index (χ4v) is 3.18. The van der Waals surface area contributed by atoms with E-state index in [0.717, 1.165) is 28.2 Å². The molecule has 0 aliphatic carbocycles. The second-order valence-electron chi connectivity index (χ2n) is 6.00. The van der Waals surface area contributed by atoms with Crippen LogP contribution in [0, 0.1) is 12.8 Å². The minimum atomic E-state index is 0.0567. The molecule has 0 aliphatic rings. The van der Waals surface area contributed by atoms with Gasteiger partial charge < -0.3 is 14.6 Å². The van der Waals surface area contributed by atoms with Crippen molar-refractivity contribution in [1.82, 2.24) is 0 Å². The number of aliphatic hydroxyl groups is 1. The summed E-state index contributed by atoms with van der Waals surface area (Å²) in [5.41, 5.74) is 3.26. The van der Waals surface area contributed by atoms with Gasteiger partial charge in [-0.15, -0.1) is 6.58 Å². The van der Waals surface area contributed by atoms with E-state index in [9.17, 15) is 5.11 Å². The van der Waals surface area contributed by atoms with Crippen LogP contribution in [0.4, 0.5) is 0 Å². The molecule has 0 radical (unpaired) electrons. The van der Waals surface area contributed by atoms with Gasteiger partial charge in [0.1, 0.15) is 0 Å². The molecular weight excluding hydrogens is 288 g/mol. The summed E-state index contributed by atoms with van der Waals surface area (Å²) in [7, 11) is 3.33. The first kappa shape index (κ1) is 19.3. The fraction of sp³-hybridized carbons (Fsp3) is 0.500. The van der Waals surface area contributed by atoms with Gasteiger partial charge >= 0.3 is 0 Å². The molecule has 3 atom stereocenters. The zero-order valence-electron chi connectivity index (χ0n) is 15.2. The molecule has 1 aromatic carbocycles. The van der Waals surface area contributed by atoms with Gasteiger partial charge in [0.25, 0.3) is 0 Å². The average molecular weight is 318 g/mol. The molecule has 0 amide bonds. The van der Waals surface area contributed by atoms with Crippen molar-refractivity contribution in [2.24, 2.45) is 5.92 Å². The maximum atomic E-state index is 9.61. The molecule has 0 bridgehead atoms. The molecule has 0 aromatic heterocycles. The fourth-order valence-electron chi connectivity index (χ4n) is 3.18. The number of hydrogen-bond donors (Lipinski definition) is 1. The zero-order chi connectivity index (χ0) is 17.6. The summed E-state index contributed by atoms with van der Waals surface area (Å²) in [5.74, 6) is 1.85. The van der Waals surface area contributed by atoms with Crippen LogP contribution in [0.2, 0.25) is 0 Å². The molecule has 0 saturated heterocycles. The third kappa shape index (κ3) is 3.97. The lowest BCUT2D eigenvalue weighted by molar-refractivity contribution is 0.226. The van der Waals surface area contributed by atoms with Gasteiger partial charge in [-0.1, -0.05) is 38.1 Å². The van der Waals surface area contributed by atoms with E-state index in [1.54, 1.807) is 14.2 Å². The van der Waals surface area contributed by atoms with E-state index >= 15 is 0 Å². The number of aryl methyl sites for hydroxylation is 1. The highest BCUT2D eigenvalue weighted by Crippen LogP contribution is 2.45. The van der Waals surface area contributed by atoms with Crippen LogP contribution in [0.3, 0.4) is 0 Å². The third-order valence-corrected chi connectivity index (χ3v) is 4.35. The lowest BCUT2D eigenvalue weighted by Gasteiger charge is -2.27. The number of ether oxygens (including phenoxy) is 2. The van der Waals surface area contributed by atoms with Crippen LogP contribution < -0.4 is 9.47 Å². The largest absolute Gasteiger partial charge is 0.493 e. The van der Waals surface area contributed by atoms with Crippen molar-refractivity contribution < 1.29 is 14.6 Å². The van der Waals surface area contributed by atoms with E-state index in [4.69, 9.17) is 9.47 Å². The van der Waals surface area contributed by atoms with Crippen LogP contribution in [-0.2, 0) is 0 Å². The Bertz CT molecular complexity index is 560. The van der Waals surface area contributed by atoms with Crippen molar-refractivity contribution in [3.05, 3.63) is 47.6 Å². The molecule has 0 saturated carbocycles. The van der Waals surface area contributed by atoms with Gasteiger partial charge in [-0.2, -0.15) is 0 Å². The highest BCUT2D eigenvalue weighted by atomic mass is 16.5. The normalized spacial score (nSPS) is 15.3. The minimum absolute atomic E-state index is 0.0567. The summed E-state index contributed by atoms with van der Waals surface area (Å²) in [4.78, 5) is 0. The number of rotatable bonds is 8. The van der Waals surface area contributed by atoms with Crippen LogP contribution in [0.5, 0.6) is 11.5 Å². The van der Waals surface area contributed by atoms with Gasteiger partial charge in [0, 0.05) is 24.0 Å². The Hall–Kier alpha value is -1.74. The maximum Gasteiger partial charge on any atom is 0.165 e. The third-order valence-electron chi connectivity index (χ3n) is 4.35. The first-order chi connectivity index (χ1) is 11.0. The standard InChI is InChI=1S/C20H30O3/c1-8-10-13(3)18-17(16(9-2)15(5)12-21)11-14(4)19(22-6)20(18)23-7/h8-11,13,15-16,21H,2,12H2,1,3-7H3/b10-8+/t13-,15-,16+/m0/s1. The van der Waals surface area contributed by atoms with Gasteiger partial charge in [0.05, 0.1) is 14.2 Å². The van der Waals surface area contributed by atoms with Gasteiger partial charge in [-0.25, -0.2) is 0 Å². The average Bonchev–Trinajstić information content (AvgIpc) is 2.54. The van der Waals surface area contributed by atoms with E-state index < -0.39 is 0 Å². The summed E-state index contributed by atoms with van der Waals surface area (Å²) in [5, 5.41) is 9.61. The molecule has 0 aliphatic heterocycles. The molecule has 0 spiro atoms. The SMILES string of the molecule is C=C[C@@H](c1cc(C)c(OC)c(OC)c1[C@@H](C)/C=C/C)[C@@H](C)CO. The number of benzene rings is 1. The van der Waals surface area contributed by atoms with Crippen molar-refractivity contribution in [3.8, 4) is 11.5 Å². The zero-order valence-corrected chi connectivity index (χ0v) is 15.2. The first-order valence-corrected chi connectivity index (χ1v) is 8.08.